The van der Waals surface area contributed by atoms with E-state index in [0.717, 1.165) is 25.0 Å². The Morgan fingerprint density at radius 3 is 2.78 bits per heavy atom. The first-order valence-electron chi connectivity index (χ1n) is 7.51. The predicted octanol–water partition coefficient (Wildman–Crippen LogP) is 1.48. The summed E-state index contributed by atoms with van der Waals surface area (Å²) in [6.07, 6.45) is 6.46. The number of nitrogens with two attached hydrogens (primary N) is 1. The Balaban J connectivity index is 2.13. The summed E-state index contributed by atoms with van der Waals surface area (Å²) in [5, 5.41) is 7.27. The number of fused-ring (bicyclic) bond motifs is 1. The molecule has 1 aliphatic rings. The van der Waals surface area contributed by atoms with Crippen molar-refractivity contribution in [1.29, 1.82) is 0 Å². The first kappa shape index (κ1) is 13.7. The zero-order valence-corrected chi connectivity index (χ0v) is 12.3. The molecule has 0 saturated heterocycles. The molecule has 7 nitrogen and oxygen atoms in total. The summed E-state index contributed by atoms with van der Waals surface area (Å²) in [6.45, 7) is 0. The molecule has 0 spiro atoms. The highest BCUT2D eigenvalue weighted by molar-refractivity contribution is 6.03. The molecule has 1 saturated carbocycles. The van der Waals surface area contributed by atoms with Crippen molar-refractivity contribution in [1.82, 2.24) is 19.7 Å². The number of primary amides is 1. The molecule has 0 bridgehead atoms. The Morgan fingerprint density at radius 1 is 1.35 bits per heavy atom. The number of pyridine rings is 2. The zero-order chi connectivity index (χ0) is 16.0. The molecule has 0 radical (unpaired) electrons. The van der Waals surface area contributed by atoms with Crippen LogP contribution in [0.25, 0.3) is 16.7 Å². The van der Waals surface area contributed by atoms with E-state index in [1.54, 1.807) is 18.3 Å². The molecule has 116 valence electrons. The third-order valence-electron chi connectivity index (χ3n) is 4.43. The lowest BCUT2D eigenvalue weighted by atomic mass is 9.82. The standard InChI is InChI=1S/C16H15N5O2/c17-16(23)15-14-10(4-6-18-15)21(13-5-7-19-20-13)11(8-12(14)22)9-2-1-3-9/h4-9H,1-3H2,(H2,17,23)(H,19,20). The molecule has 3 aromatic rings. The molecule has 7 heteroatoms. The van der Waals surface area contributed by atoms with Gasteiger partial charge < -0.3 is 5.73 Å². The maximum absolute atomic E-state index is 12.6. The van der Waals surface area contributed by atoms with Crippen molar-refractivity contribution < 1.29 is 4.79 Å². The van der Waals surface area contributed by atoms with Crippen LogP contribution in [0.3, 0.4) is 0 Å². The van der Waals surface area contributed by atoms with Crippen molar-refractivity contribution in [3.63, 3.8) is 0 Å². The minimum absolute atomic E-state index is 0.00283. The monoisotopic (exact) mass is 309 g/mol. The summed E-state index contributed by atoms with van der Waals surface area (Å²) >= 11 is 0. The molecule has 3 heterocycles. The van der Waals surface area contributed by atoms with Crippen LogP contribution in [0.2, 0.25) is 0 Å². The molecule has 0 atom stereocenters. The van der Waals surface area contributed by atoms with E-state index in [2.05, 4.69) is 15.2 Å². The number of nitrogens with zero attached hydrogens (tertiary/aromatic N) is 3. The van der Waals surface area contributed by atoms with Crippen molar-refractivity contribution in [3.05, 3.63) is 52.2 Å². The van der Waals surface area contributed by atoms with Crippen LogP contribution in [0.5, 0.6) is 0 Å². The number of hydrogen-bond donors (Lipinski definition) is 2. The maximum atomic E-state index is 12.6. The van der Waals surface area contributed by atoms with E-state index >= 15 is 0 Å². The normalized spacial score (nSPS) is 14.8. The van der Waals surface area contributed by atoms with Gasteiger partial charge in [-0.1, -0.05) is 6.42 Å². The van der Waals surface area contributed by atoms with Gasteiger partial charge in [0.15, 0.2) is 11.2 Å². The number of carbonyl (C=O) groups is 1. The van der Waals surface area contributed by atoms with Gasteiger partial charge in [-0.15, -0.1) is 0 Å². The van der Waals surface area contributed by atoms with Crippen molar-refractivity contribution in [2.45, 2.75) is 25.2 Å². The Bertz CT molecular complexity index is 955. The third kappa shape index (κ3) is 2.04. The molecule has 0 unspecified atom stereocenters. The Hall–Kier alpha value is -2.96. The molecule has 1 amide bonds. The highest BCUT2D eigenvalue weighted by Gasteiger charge is 2.26. The van der Waals surface area contributed by atoms with Crippen LogP contribution in [0.15, 0.2) is 35.4 Å². The van der Waals surface area contributed by atoms with E-state index in [-0.39, 0.29) is 16.5 Å². The van der Waals surface area contributed by atoms with E-state index < -0.39 is 5.91 Å². The Morgan fingerprint density at radius 2 is 2.17 bits per heavy atom. The van der Waals surface area contributed by atoms with Gasteiger partial charge in [-0.05, 0) is 24.8 Å². The van der Waals surface area contributed by atoms with Crippen LogP contribution >= 0.6 is 0 Å². The summed E-state index contributed by atoms with van der Waals surface area (Å²) in [7, 11) is 0. The average Bonchev–Trinajstić information content (AvgIpc) is 2.99. The van der Waals surface area contributed by atoms with E-state index in [4.69, 9.17) is 5.73 Å². The highest BCUT2D eigenvalue weighted by Crippen LogP contribution is 2.37. The maximum Gasteiger partial charge on any atom is 0.268 e. The minimum atomic E-state index is -0.710. The lowest BCUT2D eigenvalue weighted by Gasteiger charge is -2.29. The molecule has 1 aliphatic carbocycles. The summed E-state index contributed by atoms with van der Waals surface area (Å²) in [5.41, 5.74) is 6.68. The summed E-state index contributed by atoms with van der Waals surface area (Å²) in [4.78, 5) is 28.2. The van der Waals surface area contributed by atoms with Crippen molar-refractivity contribution in [2.24, 2.45) is 5.73 Å². The predicted molar refractivity (Wildman–Crippen MR) is 84.6 cm³/mol. The first-order chi connectivity index (χ1) is 11.2. The van der Waals surface area contributed by atoms with Crippen LogP contribution in [-0.4, -0.2) is 25.7 Å². The van der Waals surface area contributed by atoms with Gasteiger partial charge in [-0.3, -0.25) is 24.2 Å². The molecule has 1 fully saturated rings. The van der Waals surface area contributed by atoms with E-state index in [0.29, 0.717) is 17.3 Å². The van der Waals surface area contributed by atoms with Gasteiger partial charge in [-0.2, -0.15) is 5.10 Å². The van der Waals surface area contributed by atoms with Gasteiger partial charge in [0.2, 0.25) is 0 Å². The van der Waals surface area contributed by atoms with Gasteiger partial charge in [0.1, 0.15) is 5.69 Å². The van der Waals surface area contributed by atoms with Gasteiger partial charge in [0, 0.05) is 30.2 Å². The highest BCUT2D eigenvalue weighted by atomic mass is 16.1. The number of hydrogen-bond acceptors (Lipinski definition) is 4. The summed E-state index contributed by atoms with van der Waals surface area (Å²) in [5.74, 6) is 0.296. The number of nitrogens with one attached hydrogen (secondary N) is 1. The minimum Gasteiger partial charge on any atom is -0.364 e. The molecular weight excluding hydrogens is 294 g/mol. The van der Waals surface area contributed by atoms with Crippen molar-refractivity contribution in [2.75, 3.05) is 0 Å². The molecule has 4 rings (SSSR count). The number of carbonyl (C=O) groups excluding carboxylic acids is 1. The van der Waals surface area contributed by atoms with Crippen LogP contribution in [0, 0.1) is 0 Å². The topological polar surface area (TPSA) is 107 Å². The summed E-state index contributed by atoms with van der Waals surface area (Å²) < 4.78 is 1.92. The fraction of sp³-hybridized carbons (Fsp3) is 0.250. The van der Waals surface area contributed by atoms with Gasteiger partial charge in [0.25, 0.3) is 5.91 Å². The van der Waals surface area contributed by atoms with Crippen LogP contribution in [0.1, 0.15) is 41.4 Å². The van der Waals surface area contributed by atoms with Crippen LogP contribution < -0.4 is 11.2 Å². The lowest BCUT2D eigenvalue weighted by molar-refractivity contribution is 0.0997. The molecule has 3 aromatic heterocycles. The van der Waals surface area contributed by atoms with E-state index in [9.17, 15) is 9.59 Å². The van der Waals surface area contributed by atoms with E-state index in [1.807, 2.05) is 10.6 Å². The van der Waals surface area contributed by atoms with Gasteiger partial charge >= 0.3 is 0 Å². The van der Waals surface area contributed by atoms with Crippen molar-refractivity contribution in [3.8, 4) is 5.82 Å². The van der Waals surface area contributed by atoms with Gasteiger partial charge in [-0.25, -0.2) is 0 Å². The number of amides is 1. The first-order valence-corrected chi connectivity index (χ1v) is 7.51. The average molecular weight is 309 g/mol. The summed E-state index contributed by atoms with van der Waals surface area (Å²) in [6, 6.07) is 5.14. The third-order valence-corrected chi connectivity index (χ3v) is 4.43. The van der Waals surface area contributed by atoms with E-state index in [1.165, 1.54) is 6.20 Å². The number of rotatable bonds is 3. The molecule has 23 heavy (non-hydrogen) atoms. The zero-order valence-electron chi connectivity index (χ0n) is 12.3. The number of H-pyrrole nitrogens is 1. The second-order valence-electron chi connectivity index (χ2n) is 5.75. The smallest absolute Gasteiger partial charge is 0.268 e. The second-order valence-corrected chi connectivity index (χ2v) is 5.75. The Labute approximate surface area is 131 Å². The Kier molecular flexibility index (Phi) is 3.00. The molecule has 0 aromatic carbocycles. The lowest BCUT2D eigenvalue weighted by Crippen LogP contribution is -2.23. The fourth-order valence-corrected chi connectivity index (χ4v) is 3.11. The number of aromatic nitrogens is 4. The van der Waals surface area contributed by atoms with Crippen LogP contribution in [-0.2, 0) is 0 Å². The largest absolute Gasteiger partial charge is 0.364 e. The van der Waals surface area contributed by atoms with Crippen LogP contribution in [0.4, 0.5) is 0 Å². The van der Waals surface area contributed by atoms with Crippen molar-refractivity contribution >= 4 is 16.8 Å². The SMILES string of the molecule is NC(=O)c1nccc2c1c(=O)cc(C1CCC1)n2-c1cc[nH]n1. The van der Waals surface area contributed by atoms with Gasteiger partial charge in [0.05, 0.1) is 10.9 Å². The number of aromatic amines is 1. The molecule has 0 aliphatic heterocycles. The fourth-order valence-electron chi connectivity index (χ4n) is 3.11. The second kappa shape index (κ2) is 5.05. The molecular formula is C16H15N5O2. The molecule has 3 N–H and O–H groups in total. The quantitative estimate of drug-likeness (QED) is 0.764.